The maximum Gasteiger partial charge on any atom is 0.229 e. The lowest BCUT2D eigenvalue weighted by atomic mass is 9.97. The summed E-state index contributed by atoms with van der Waals surface area (Å²) in [5, 5.41) is 24.2. The van der Waals surface area contributed by atoms with Crippen LogP contribution < -0.4 is 19.5 Å². The number of phenols is 1. The minimum Gasteiger partial charge on any atom is -0.506 e. The second-order valence-corrected chi connectivity index (χ2v) is 10.6. The lowest BCUT2D eigenvalue weighted by molar-refractivity contribution is 0.167. The average Bonchev–Trinajstić information content (AvgIpc) is 2.83. The molecule has 0 saturated heterocycles. The molecule has 36 heavy (non-hydrogen) atoms. The van der Waals surface area contributed by atoms with Crippen molar-refractivity contribution >= 4 is 15.7 Å². The van der Waals surface area contributed by atoms with E-state index >= 15 is 0 Å². The first-order valence-corrected chi connectivity index (χ1v) is 13.5. The van der Waals surface area contributed by atoms with Crippen molar-refractivity contribution in [2.75, 3.05) is 31.7 Å². The number of aryl methyl sites for hydroxylation is 1. The summed E-state index contributed by atoms with van der Waals surface area (Å²) in [5.74, 6) is 1.09. The highest BCUT2D eigenvalue weighted by molar-refractivity contribution is 7.92. The number of phenolic OH excluding ortho intramolecular Hbond substituents is 1. The standard InChI is InChI=1S/C27H34N2O6S/c1-18-5-7-19(8-6-18)14-23(21-10-12-26(34-2)27(16-21)35-3)28-17-22(30)13-20-9-11-25(31)24(15-20)29-36(4,32)33/h5-12,15-16,22-23,28-31H,13-14,17H2,1-4H3/t22-,23+/m0/s1. The van der Waals surface area contributed by atoms with Crippen LogP contribution in [0.5, 0.6) is 17.2 Å². The summed E-state index contributed by atoms with van der Waals surface area (Å²) < 4.78 is 36.2. The Hall–Kier alpha value is -3.27. The van der Waals surface area contributed by atoms with E-state index in [1.165, 1.54) is 17.7 Å². The summed E-state index contributed by atoms with van der Waals surface area (Å²) >= 11 is 0. The van der Waals surface area contributed by atoms with Crippen LogP contribution in [0.25, 0.3) is 0 Å². The minimum absolute atomic E-state index is 0.0812. The maximum atomic E-state index is 11.6. The van der Waals surface area contributed by atoms with E-state index in [1.54, 1.807) is 20.3 Å². The molecule has 3 aromatic rings. The predicted octanol–water partition coefficient (Wildman–Crippen LogP) is 3.57. The fraction of sp³-hybridized carbons (Fsp3) is 0.333. The van der Waals surface area contributed by atoms with Gasteiger partial charge in [-0.2, -0.15) is 0 Å². The van der Waals surface area contributed by atoms with E-state index in [4.69, 9.17) is 9.47 Å². The largest absolute Gasteiger partial charge is 0.506 e. The Morgan fingerprint density at radius 2 is 1.56 bits per heavy atom. The zero-order valence-electron chi connectivity index (χ0n) is 21.0. The number of aliphatic hydroxyl groups is 1. The Morgan fingerprint density at radius 3 is 2.19 bits per heavy atom. The van der Waals surface area contributed by atoms with Gasteiger partial charge in [-0.3, -0.25) is 4.72 Å². The molecule has 0 aliphatic heterocycles. The molecule has 0 aliphatic rings. The molecule has 0 heterocycles. The van der Waals surface area contributed by atoms with Crippen molar-refractivity contribution < 1.29 is 28.1 Å². The molecule has 3 rings (SSSR count). The van der Waals surface area contributed by atoms with Gasteiger partial charge in [0.1, 0.15) is 5.75 Å². The number of rotatable bonds is 12. The van der Waals surface area contributed by atoms with Crippen LogP contribution in [-0.2, 0) is 22.9 Å². The SMILES string of the molecule is COc1ccc([C@@H](Cc2ccc(C)cc2)NC[C@@H](O)Cc2ccc(O)c(NS(C)(=O)=O)c2)cc1OC. The van der Waals surface area contributed by atoms with Crippen molar-refractivity contribution in [3.05, 3.63) is 82.9 Å². The highest BCUT2D eigenvalue weighted by Gasteiger charge is 2.18. The zero-order valence-corrected chi connectivity index (χ0v) is 21.8. The molecule has 0 fully saturated rings. The minimum atomic E-state index is -3.54. The van der Waals surface area contributed by atoms with Gasteiger partial charge in [0, 0.05) is 12.6 Å². The van der Waals surface area contributed by atoms with Gasteiger partial charge in [-0.15, -0.1) is 0 Å². The molecule has 9 heteroatoms. The van der Waals surface area contributed by atoms with Crippen molar-refractivity contribution in [2.45, 2.75) is 31.9 Å². The first kappa shape index (κ1) is 27.3. The molecule has 0 radical (unpaired) electrons. The van der Waals surface area contributed by atoms with Crippen LogP contribution in [0, 0.1) is 6.92 Å². The summed E-state index contributed by atoms with van der Waals surface area (Å²) in [5.41, 5.74) is 4.10. The molecule has 2 atom stereocenters. The van der Waals surface area contributed by atoms with Crippen molar-refractivity contribution in [3.8, 4) is 17.2 Å². The van der Waals surface area contributed by atoms with Crippen LogP contribution in [0.15, 0.2) is 60.7 Å². The van der Waals surface area contributed by atoms with Crippen LogP contribution in [0.1, 0.15) is 28.3 Å². The van der Waals surface area contributed by atoms with E-state index in [0.717, 1.165) is 17.4 Å². The summed E-state index contributed by atoms with van der Waals surface area (Å²) in [4.78, 5) is 0. The number of nitrogens with one attached hydrogen (secondary N) is 2. The number of aliphatic hydroxyl groups excluding tert-OH is 1. The summed E-state index contributed by atoms with van der Waals surface area (Å²) in [6.45, 7) is 2.34. The van der Waals surface area contributed by atoms with Crippen molar-refractivity contribution in [2.24, 2.45) is 0 Å². The van der Waals surface area contributed by atoms with Gasteiger partial charge in [-0.1, -0.05) is 42.0 Å². The van der Waals surface area contributed by atoms with Crippen LogP contribution in [-0.4, -0.2) is 51.8 Å². The second kappa shape index (κ2) is 12.1. The summed E-state index contributed by atoms with van der Waals surface area (Å²) in [6.07, 6.45) is 1.24. The molecule has 194 valence electrons. The van der Waals surface area contributed by atoms with Gasteiger partial charge in [-0.25, -0.2) is 8.42 Å². The number of ether oxygens (including phenoxy) is 2. The number of hydrogen-bond donors (Lipinski definition) is 4. The Kier molecular flexibility index (Phi) is 9.19. The average molecular weight is 515 g/mol. The topological polar surface area (TPSA) is 117 Å². The van der Waals surface area contributed by atoms with Crippen molar-refractivity contribution in [1.82, 2.24) is 5.32 Å². The van der Waals surface area contributed by atoms with E-state index in [9.17, 15) is 18.6 Å². The summed E-state index contributed by atoms with van der Waals surface area (Å²) in [6, 6.07) is 18.6. The normalized spacial score (nSPS) is 13.1. The fourth-order valence-electron chi connectivity index (χ4n) is 3.95. The molecular formula is C27H34N2O6S. The summed E-state index contributed by atoms with van der Waals surface area (Å²) in [7, 11) is -0.355. The Morgan fingerprint density at radius 1 is 0.889 bits per heavy atom. The van der Waals surface area contributed by atoms with Crippen LogP contribution >= 0.6 is 0 Å². The number of hydrogen-bond acceptors (Lipinski definition) is 7. The molecule has 0 aliphatic carbocycles. The monoisotopic (exact) mass is 514 g/mol. The van der Waals surface area contributed by atoms with Gasteiger partial charge in [0.25, 0.3) is 0 Å². The molecule has 4 N–H and O–H groups in total. The highest BCUT2D eigenvalue weighted by Crippen LogP contribution is 2.31. The number of benzene rings is 3. The molecule has 0 amide bonds. The molecule has 0 spiro atoms. The van der Waals surface area contributed by atoms with E-state index in [-0.39, 0.29) is 23.9 Å². The fourth-order valence-corrected chi connectivity index (χ4v) is 4.51. The van der Waals surface area contributed by atoms with E-state index in [1.807, 2.05) is 25.1 Å². The smallest absolute Gasteiger partial charge is 0.229 e. The third-order valence-electron chi connectivity index (χ3n) is 5.80. The highest BCUT2D eigenvalue weighted by atomic mass is 32.2. The van der Waals surface area contributed by atoms with Gasteiger partial charge < -0.3 is 25.0 Å². The predicted molar refractivity (Wildman–Crippen MR) is 141 cm³/mol. The third kappa shape index (κ3) is 7.87. The lowest BCUT2D eigenvalue weighted by Crippen LogP contribution is -2.32. The zero-order chi connectivity index (χ0) is 26.3. The molecule has 0 unspecified atom stereocenters. The van der Waals surface area contributed by atoms with Crippen LogP contribution in [0.4, 0.5) is 5.69 Å². The number of sulfonamides is 1. The first-order chi connectivity index (χ1) is 17.1. The maximum absolute atomic E-state index is 11.6. The molecule has 0 saturated carbocycles. The van der Waals surface area contributed by atoms with Crippen LogP contribution in [0.3, 0.4) is 0 Å². The van der Waals surface area contributed by atoms with Gasteiger partial charge in [0.15, 0.2) is 11.5 Å². The third-order valence-corrected chi connectivity index (χ3v) is 6.39. The number of anilines is 1. The number of methoxy groups -OCH3 is 2. The van der Waals surface area contributed by atoms with E-state index in [2.05, 4.69) is 34.3 Å². The Bertz CT molecular complexity index is 1260. The van der Waals surface area contributed by atoms with Gasteiger partial charge in [-0.05, 0) is 60.7 Å². The molecular weight excluding hydrogens is 480 g/mol. The van der Waals surface area contributed by atoms with Gasteiger partial charge >= 0.3 is 0 Å². The van der Waals surface area contributed by atoms with E-state index in [0.29, 0.717) is 30.0 Å². The molecule has 0 aromatic heterocycles. The molecule has 8 nitrogen and oxygen atoms in total. The van der Waals surface area contributed by atoms with Crippen molar-refractivity contribution in [1.29, 1.82) is 0 Å². The van der Waals surface area contributed by atoms with Crippen LogP contribution in [0.2, 0.25) is 0 Å². The first-order valence-electron chi connectivity index (χ1n) is 11.6. The molecule has 3 aromatic carbocycles. The lowest BCUT2D eigenvalue weighted by Gasteiger charge is -2.23. The van der Waals surface area contributed by atoms with Crippen molar-refractivity contribution in [3.63, 3.8) is 0 Å². The second-order valence-electron chi connectivity index (χ2n) is 8.85. The van der Waals surface area contributed by atoms with E-state index < -0.39 is 16.1 Å². The molecule has 0 bridgehead atoms. The Balaban J connectivity index is 1.76. The van der Waals surface area contributed by atoms with Gasteiger partial charge in [0.2, 0.25) is 10.0 Å². The quantitative estimate of drug-likeness (QED) is 0.273. The van der Waals surface area contributed by atoms with Gasteiger partial charge in [0.05, 0.1) is 32.3 Å². The number of aromatic hydroxyl groups is 1. The Labute approximate surface area is 213 Å².